The highest BCUT2D eigenvalue weighted by Gasteiger charge is 1.77. The van der Waals surface area contributed by atoms with Crippen LogP contribution in [0.4, 0.5) is 0 Å². The third-order valence-electron chi connectivity index (χ3n) is 1.11. The minimum atomic E-state index is 0.718. The lowest BCUT2D eigenvalue weighted by Crippen LogP contribution is -1.59. The summed E-state index contributed by atoms with van der Waals surface area (Å²) in [6, 6.07) is 0. The molecule has 0 amide bonds. The molecule has 0 N–H and O–H groups in total. The van der Waals surface area contributed by atoms with Crippen molar-refractivity contribution in [1.29, 1.82) is 0 Å². The molecule has 0 aromatic carbocycles. The lowest BCUT2D eigenvalue weighted by molar-refractivity contribution is 0.521. The monoisotopic (exact) mass is 242 g/mol. The predicted molar refractivity (Wildman–Crippen MR) is 70.8 cm³/mol. The summed E-state index contributed by atoms with van der Waals surface area (Å²) in [7, 11) is 0. The maximum absolute atomic E-state index is 4.72. The molecular formula is C12H22N2OS. The molecular weight excluding hydrogens is 220 g/mol. The van der Waals surface area contributed by atoms with Crippen LogP contribution < -0.4 is 0 Å². The Labute approximate surface area is 103 Å². The fraction of sp³-hybridized carbons (Fsp3) is 0.500. The highest BCUT2D eigenvalue weighted by atomic mass is 32.1. The zero-order chi connectivity index (χ0) is 12.8. The van der Waals surface area contributed by atoms with Gasteiger partial charge in [0, 0.05) is 18.5 Å². The van der Waals surface area contributed by atoms with Gasteiger partial charge in [0.2, 0.25) is 0 Å². The minimum Gasteiger partial charge on any atom is -0.449 e. The quantitative estimate of drug-likeness (QED) is 0.683. The molecule has 0 aliphatic heterocycles. The number of thiazole rings is 1. The van der Waals surface area contributed by atoms with Crippen LogP contribution in [0.2, 0.25) is 0 Å². The molecule has 0 spiro atoms. The summed E-state index contributed by atoms with van der Waals surface area (Å²) in [5.74, 6) is 0.718. The van der Waals surface area contributed by atoms with Gasteiger partial charge in [-0.25, -0.2) is 4.98 Å². The Morgan fingerprint density at radius 1 is 1.00 bits per heavy atom. The van der Waals surface area contributed by atoms with Gasteiger partial charge < -0.3 is 4.42 Å². The van der Waals surface area contributed by atoms with Gasteiger partial charge in [-0.2, -0.15) is 0 Å². The van der Waals surface area contributed by atoms with Gasteiger partial charge >= 0.3 is 0 Å². The predicted octanol–water partition coefficient (Wildman–Crippen LogP) is 4.49. The smallest absolute Gasteiger partial charge is 0.190 e. The summed E-state index contributed by atoms with van der Waals surface area (Å²) >= 11 is 1.67. The van der Waals surface area contributed by atoms with Crippen molar-refractivity contribution in [3.8, 4) is 0 Å². The van der Waals surface area contributed by atoms with Crippen molar-refractivity contribution in [1.82, 2.24) is 9.97 Å². The Hall–Kier alpha value is -1.16. The number of hydrogen-bond donors (Lipinski definition) is 0. The van der Waals surface area contributed by atoms with Gasteiger partial charge in [0.25, 0.3) is 0 Å². The molecule has 0 aliphatic carbocycles. The van der Waals surface area contributed by atoms with Crippen LogP contribution in [-0.4, -0.2) is 9.97 Å². The van der Waals surface area contributed by atoms with E-state index in [0.29, 0.717) is 0 Å². The van der Waals surface area contributed by atoms with E-state index in [-0.39, 0.29) is 0 Å². The molecule has 16 heavy (non-hydrogen) atoms. The molecule has 0 aliphatic rings. The first-order valence-electron chi connectivity index (χ1n) is 5.51. The van der Waals surface area contributed by atoms with Gasteiger partial charge in [-0.05, 0) is 6.92 Å². The molecule has 2 aromatic heterocycles. The number of hydrogen-bond acceptors (Lipinski definition) is 4. The number of aryl methyl sites for hydroxylation is 2. The summed E-state index contributed by atoms with van der Waals surface area (Å²) in [5, 5.41) is 3.10. The molecule has 2 rings (SSSR count). The molecule has 2 aromatic rings. The van der Waals surface area contributed by atoms with Crippen LogP contribution in [0.25, 0.3) is 0 Å². The first kappa shape index (κ1) is 17.2. The maximum atomic E-state index is 4.72. The van der Waals surface area contributed by atoms with E-state index in [1.807, 2.05) is 40.0 Å². The van der Waals surface area contributed by atoms with Gasteiger partial charge in [0.05, 0.1) is 11.2 Å². The second-order valence-electron chi connectivity index (χ2n) is 2.10. The summed E-state index contributed by atoms with van der Waals surface area (Å²) in [4.78, 5) is 7.69. The largest absolute Gasteiger partial charge is 0.449 e. The first-order chi connectivity index (χ1) is 7.79. The van der Waals surface area contributed by atoms with Crippen molar-refractivity contribution >= 4 is 11.3 Å². The molecule has 92 valence electrons. The van der Waals surface area contributed by atoms with Gasteiger partial charge in [-0.1, -0.05) is 27.7 Å². The van der Waals surface area contributed by atoms with Gasteiger partial charge in [0.15, 0.2) is 5.89 Å². The van der Waals surface area contributed by atoms with Crippen LogP contribution in [-0.2, 0) is 0 Å². The van der Waals surface area contributed by atoms with Crippen molar-refractivity contribution in [2.75, 3.05) is 0 Å². The zero-order valence-corrected chi connectivity index (χ0v) is 11.8. The second kappa shape index (κ2) is 13.8. The molecule has 0 unspecified atom stereocenters. The molecule has 4 heteroatoms. The summed E-state index contributed by atoms with van der Waals surface area (Å²) in [5.41, 5.74) is 0. The number of rotatable bonds is 0. The van der Waals surface area contributed by atoms with E-state index < -0.39 is 0 Å². The van der Waals surface area contributed by atoms with Gasteiger partial charge in [0.1, 0.15) is 6.26 Å². The standard InChI is InChI=1S/C4H5NO.C4H5NS.2C2H6/c2*1-4-5-2-3-6-4;2*1-2/h2*2-3H,1H3;2*1-2H3. The van der Waals surface area contributed by atoms with Crippen LogP contribution in [0.3, 0.4) is 0 Å². The number of nitrogens with zero attached hydrogens (tertiary/aromatic N) is 2. The van der Waals surface area contributed by atoms with E-state index >= 15 is 0 Å². The number of aromatic nitrogens is 2. The average Bonchev–Trinajstić information content (AvgIpc) is 2.98. The van der Waals surface area contributed by atoms with Gasteiger partial charge in [-0.3, -0.25) is 4.98 Å². The van der Waals surface area contributed by atoms with Crippen LogP contribution in [0, 0.1) is 13.8 Å². The Morgan fingerprint density at radius 2 is 1.62 bits per heavy atom. The third-order valence-corrected chi connectivity index (χ3v) is 1.82. The second-order valence-corrected chi connectivity index (χ2v) is 3.20. The Morgan fingerprint density at radius 3 is 1.75 bits per heavy atom. The molecule has 0 fully saturated rings. The molecule has 0 saturated carbocycles. The molecule has 0 radical (unpaired) electrons. The highest BCUT2D eigenvalue weighted by Crippen LogP contribution is 1.98. The summed E-state index contributed by atoms with van der Waals surface area (Å²) in [6.45, 7) is 11.8. The van der Waals surface area contributed by atoms with E-state index in [1.54, 1.807) is 36.9 Å². The lowest BCUT2D eigenvalue weighted by atomic mass is 10.8. The molecule has 0 bridgehead atoms. The Kier molecular flexibility index (Phi) is 14.9. The normalized spacial score (nSPS) is 7.38. The fourth-order valence-electron chi connectivity index (χ4n) is 0.589. The molecule has 0 atom stereocenters. The van der Waals surface area contributed by atoms with E-state index in [9.17, 15) is 0 Å². The van der Waals surface area contributed by atoms with Crippen LogP contribution >= 0.6 is 11.3 Å². The summed E-state index contributed by atoms with van der Waals surface area (Å²) < 4.78 is 4.72. The lowest BCUT2D eigenvalue weighted by Gasteiger charge is -1.67. The topological polar surface area (TPSA) is 38.9 Å². The highest BCUT2D eigenvalue weighted by molar-refractivity contribution is 7.09. The van der Waals surface area contributed by atoms with Crippen molar-refractivity contribution < 1.29 is 4.42 Å². The SMILES string of the molecule is CC.CC.Cc1ncco1.Cc1nccs1. The van der Waals surface area contributed by atoms with Crippen molar-refractivity contribution in [2.45, 2.75) is 41.5 Å². The number of oxazole rings is 1. The minimum absolute atomic E-state index is 0.718. The molecule has 3 nitrogen and oxygen atoms in total. The van der Waals surface area contributed by atoms with Crippen molar-refractivity contribution in [3.63, 3.8) is 0 Å². The van der Waals surface area contributed by atoms with E-state index in [1.165, 1.54) is 0 Å². The van der Waals surface area contributed by atoms with Crippen LogP contribution in [0.15, 0.2) is 28.5 Å². The fourth-order valence-corrected chi connectivity index (χ4v) is 1.03. The summed E-state index contributed by atoms with van der Waals surface area (Å²) in [6.07, 6.45) is 4.98. The molecule has 0 saturated heterocycles. The first-order valence-corrected chi connectivity index (χ1v) is 6.39. The Bertz CT molecular complexity index is 258. The van der Waals surface area contributed by atoms with E-state index in [4.69, 9.17) is 4.42 Å². The van der Waals surface area contributed by atoms with E-state index in [2.05, 4.69) is 9.97 Å². The zero-order valence-electron chi connectivity index (χ0n) is 11.0. The van der Waals surface area contributed by atoms with Crippen LogP contribution in [0.5, 0.6) is 0 Å². The van der Waals surface area contributed by atoms with Crippen molar-refractivity contribution in [2.24, 2.45) is 0 Å². The average molecular weight is 242 g/mol. The third kappa shape index (κ3) is 10.9. The Balaban J connectivity index is 0. The van der Waals surface area contributed by atoms with Crippen molar-refractivity contribution in [3.05, 3.63) is 34.9 Å². The van der Waals surface area contributed by atoms with Gasteiger partial charge in [-0.15, -0.1) is 11.3 Å². The van der Waals surface area contributed by atoms with E-state index in [0.717, 1.165) is 10.9 Å². The molecule has 2 heterocycles. The van der Waals surface area contributed by atoms with Crippen LogP contribution in [0.1, 0.15) is 38.6 Å². The maximum Gasteiger partial charge on any atom is 0.190 e.